The van der Waals surface area contributed by atoms with E-state index in [-0.39, 0.29) is 74.0 Å². The quantitative estimate of drug-likeness (QED) is 0.0737. The van der Waals surface area contributed by atoms with E-state index in [0.717, 1.165) is 5.56 Å². The first kappa shape index (κ1) is 49.2. The lowest BCUT2D eigenvalue weighted by Gasteiger charge is -2.22. The lowest BCUT2D eigenvalue weighted by Crippen LogP contribution is -2.34. The Labute approximate surface area is 330 Å². The number of rotatable bonds is 13. The molecule has 0 aliphatic carbocycles. The number of halogens is 4. The van der Waals surface area contributed by atoms with Gasteiger partial charge in [-0.15, -0.1) is 0 Å². The summed E-state index contributed by atoms with van der Waals surface area (Å²) >= 11 is 12.3. The molecular weight excluding hydrogens is 936 g/mol. The van der Waals surface area contributed by atoms with Crippen LogP contribution in [-0.2, 0) is 15.9 Å². The number of pyridine rings is 2. The van der Waals surface area contributed by atoms with Crippen molar-refractivity contribution in [3.05, 3.63) is 87.2 Å². The number of nitrogens with zero attached hydrogens (tertiary/aromatic N) is 5. The summed E-state index contributed by atoms with van der Waals surface area (Å²) in [6.07, 6.45) is 0.530. The Morgan fingerprint density at radius 1 is 0.902 bits per heavy atom. The highest BCUT2D eigenvalue weighted by Gasteiger charge is 2.30. The molecule has 16 nitrogen and oxygen atoms in total. The number of ether oxygens (including phenoxy) is 4. The SMILES string of the molecule is C.C.C.C=CCOc1cc(CCN(C(=O)OCC)c2cc(Br)nc(Br)c2[N+](=O)[O-])ccc1OC.CCOC(=O)Nc1cc(Br)nc(Br)c1[N+](=O)[O-]. The van der Waals surface area contributed by atoms with Gasteiger partial charge in [0.05, 0.1) is 30.2 Å². The number of amides is 2. The molecule has 0 fully saturated rings. The fourth-order valence-corrected chi connectivity index (χ4v) is 6.12. The largest absolute Gasteiger partial charge is 0.493 e. The number of nitrogens with one attached hydrogen (secondary N) is 1. The van der Waals surface area contributed by atoms with Crippen molar-refractivity contribution in [3.8, 4) is 11.5 Å². The number of hydrogen-bond donors (Lipinski definition) is 1. The van der Waals surface area contributed by atoms with Crippen molar-refractivity contribution in [2.24, 2.45) is 0 Å². The highest BCUT2D eigenvalue weighted by atomic mass is 79.9. The second kappa shape index (κ2) is 24.3. The minimum atomic E-state index is -0.763. The summed E-state index contributed by atoms with van der Waals surface area (Å²) in [5, 5.41) is 24.7. The summed E-state index contributed by atoms with van der Waals surface area (Å²) in [6.45, 7) is 7.65. The first-order chi connectivity index (χ1) is 22.8. The maximum atomic E-state index is 12.6. The first-order valence-corrected chi connectivity index (χ1v) is 16.7. The van der Waals surface area contributed by atoms with Gasteiger partial charge >= 0.3 is 23.6 Å². The summed E-state index contributed by atoms with van der Waals surface area (Å²) in [5.74, 6) is 1.09. The molecule has 0 saturated heterocycles. The molecule has 1 N–H and O–H groups in total. The van der Waals surface area contributed by atoms with Crippen LogP contribution < -0.4 is 19.7 Å². The van der Waals surface area contributed by atoms with Crippen LogP contribution in [0.5, 0.6) is 11.5 Å². The van der Waals surface area contributed by atoms with E-state index in [2.05, 4.69) is 90.3 Å². The third-order valence-corrected chi connectivity index (χ3v) is 7.60. The number of anilines is 2. The summed E-state index contributed by atoms with van der Waals surface area (Å²) in [4.78, 5) is 54.1. The van der Waals surface area contributed by atoms with E-state index in [1.807, 2.05) is 6.07 Å². The number of methoxy groups -OCH3 is 1. The fourth-order valence-electron chi connectivity index (χ4n) is 3.75. The van der Waals surface area contributed by atoms with E-state index in [9.17, 15) is 29.8 Å². The molecule has 3 rings (SSSR count). The average molecular weight is 976 g/mol. The maximum absolute atomic E-state index is 12.6. The predicted octanol–water partition coefficient (Wildman–Crippen LogP) is 10.3. The molecule has 2 amide bonds. The van der Waals surface area contributed by atoms with E-state index in [0.29, 0.717) is 33.7 Å². The van der Waals surface area contributed by atoms with Crippen molar-refractivity contribution in [2.45, 2.75) is 42.5 Å². The molecule has 0 unspecified atom stereocenters. The summed E-state index contributed by atoms with van der Waals surface area (Å²) in [6, 6.07) is 8.10. The smallest absolute Gasteiger partial charge is 0.414 e. The van der Waals surface area contributed by atoms with Crippen LogP contribution in [0.1, 0.15) is 41.7 Å². The Hall–Kier alpha value is -3.88. The molecule has 0 atom stereocenters. The highest BCUT2D eigenvalue weighted by Crippen LogP contribution is 2.37. The molecule has 3 aromatic rings. The van der Waals surface area contributed by atoms with Crippen molar-refractivity contribution in [1.29, 1.82) is 0 Å². The van der Waals surface area contributed by atoms with Crippen LogP contribution in [0.15, 0.2) is 61.4 Å². The Morgan fingerprint density at radius 3 is 2.00 bits per heavy atom. The second-order valence-electron chi connectivity index (χ2n) is 8.78. The van der Waals surface area contributed by atoms with Crippen molar-refractivity contribution in [1.82, 2.24) is 9.97 Å². The van der Waals surface area contributed by atoms with Gasteiger partial charge in [0.2, 0.25) is 0 Å². The standard InChI is InChI=1S/C20H21Br2N3O6.C8H7Br2N3O4.3CH4/c1-4-10-31-16-11-13(6-7-15(16)29-3)8-9-24(20(26)30-5-2)14-12-17(21)23-19(22)18(14)25(27)28;1-2-17-8(14)11-4-3-5(9)12-7(10)6(4)13(15)16;;;/h4,6-7,11-12H,1,5,8-10H2,2-3H3;3H,2H2,1H3,(H,11,12,14);3*1H4. The number of nitro groups is 2. The van der Waals surface area contributed by atoms with Gasteiger partial charge in [-0.2, -0.15) is 0 Å². The van der Waals surface area contributed by atoms with Crippen molar-refractivity contribution in [3.63, 3.8) is 0 Å². The van der Waals surface area contributed by atoms with Crippen molar-refractivity contribution >= 4 is 98.7 Å². The van der Waals surface area contributed by atoms with Crippen LogP contribution in [0.2, 0.25) is 0 Å². The first-order valence-electron chi connectivity index (χ1n) is 13.6. The van der Waals surface area contributed by atoms with E-state index >= 15 is 0 Å². The molecule has 2 aromatic heterocycles. The Balaban J connectivity index is 0. The van der Waals surface area contributed by atoms with Crippen molar-refractivity contribution in [2.75, 3.05) is 43.7 Å². The molecule has 0 aliphatic rings. The molecule has 20 heteroatoms. The van der Waals surface area contributed by atoms with E-state index < -0.39 is 22.0 Å². The van der Waals surface area contributed by atoms with E-state index in [1.54, 1.807) is 32.1 Å². The molecule has 0 saturated carbocycles. The van der Waals surface area contributed by atoms with Crippen LogP contribution in [0.3, 0.4) is 0 Å². The molecule has 1 aromatic carbocycles. The van der Waals surface area contributed by atoms with Gasteiger partial charge in [0, 0.05) is 18.7 Å². The zero-order valence-electron chi connectivity index (χ0n) is 25.5. The van der Waals surface area contributed by atoms with Crippen LogP contribution in [0.4, 0.5) is 32.3 Å². The monoisotopic (exact) mass is 972 g/mol. The lowest BCUT2D eigenvalue weighted by molar-refractivity contribution is -0.385. The molecule has 0 radical (unpaired) electrons. The van der Waals surface area contributed by atoms with Crippen LogP contribution in [0, 0.1) is 20.2 Å². The zero-order valence-corrected chi connectivity index (χ0v) is 31.9. The zero-order chi connectivity index (χ0) is 36.0. The topological polar surface area (TPSA) is 198 Å². The highest BCUT2D eigenvalue weighted by molar-refractivity contribution is 9.11. The molecule has 0 spiro atoms. The van der Waals surface area contributed by atoms with E-state index in [1.165, 1.54) is 24.1 Å². The van der Waals surface area contributed by atoms with Crippen LogP contribution >= 0.6 is 63.7 Å². The predicted molar refractivity (Wildman–Crippen MR) is 210 cm³/mol. The average Bonchev–Trinajstić information content (AvgIpc) is 2.99. The molecular formula is C31H40Br4N6O10. The summed E-state index contributed by atoms with van der Waals surface area (Å²) < 4.78 is 21.4. The minimum absolute atomic E-state index is 0. The van der Waals surface area contributed by atoms with Gasteiger partial charge in [-0.05, 0) is 102 Å². The van der Waals surface area contributed by atoms with Gasteiger partial charge in [0.25, 0.3) is 0 Å². The number of carbonyl (C=O) groups is 2. The van der Waals surface area contributed by atoms with Gasteiger partial charge < -0.3 is 18.9 Å². The van der Waals surface area contributed by atoms with Gasteiger partial charge in [-0.3, -0.25) is 30.4 Å². The number of hydrogen-bond acceptors (Lipinski definition) is 12. The molecule has 282 valence electrons. The second-order valence-corrected chi connectivity index (χ2v) is 11.9. The molecule has 2 heterocycles. The van der Waals surface area contributed by atoms with Gasteiger partial charge in [-0.1, -0.05) is 41.0 Å². The van der Waals surface area contributed by atoms with Crippen LogP contribution in [-0.4, -0.2) is 65.5 Å². The van der Waals surface area contributed by atoms with Gasteiger partial charge in [-0.25, -0.2) is 19.6 Å². The number of benzene rings is 1. The Morgan fingerprint density at radius 2 is 1.47 bits per heavy atom. The Bertz CT molecular complexity index is 1670. The van der Waals surface area contributed by atoms with Gasteiger partial charge in [0.1, 0.15) is 27.2 Å². The lowest BCUT2D eigenvalue weighted by atomic mass is 10.1. The number of aromatic nitrogens is 2. The normalized spacial score (nSPS) is 9.55. The van der Waals surface area contributed by atoms with E-state index in [4.69, 9.17) is 14.2 Å². The number of carbonyl (C=O) groups excluding carboxylic acids is 2. The summed E-state index contributed by atoms with van der Waals surface area (Å²) in [5.41, 5.74) is 0.238. The third kappa shape index (κ3) is 14.7. The maximum Gasteiger partial charge on any atom is 0.414 e. The van der Waals surface area contributed by atoms with Crippen molar-refractivity contribution < 1.29 is 38.4 Å². The van der Waals surface area contributed by atoms with Crippen LogP contribution in [0.25, 0.3) is 0 Å². The fraction of sp³-hybridized carbons (Fsp3) is 0.355. The van der Waals surface area contributed by atoms with Gasteiger partial charge in [0.15, 0.2) is 20.7 Å². The molecule has 0 aliphatic heterocycles. The summed E-state index contributed by atoms with van der Waals surface area (Å²) in [7, 11) is 1.54. The third-order valence-electron chi connectivity index (χ3n) is 5.68. The molecule has 51 heavy (non-hydrogen) atoms. The minimum Gasteiger partial charge on any atom is -0.493 e. The Kier molecular flexibility index (Phi) is 23.5. The molecule has 0 bridgehead atoms.